The number of hydrogen-bond acceptors (Lipinski definition) is 2. The van der Waals surface area contributed by atoms with Gasteiger partial charge in [-0.2, -0.15) is 12.6 Å². The van der Waals surface area contributed by atoms with Crippen LogP contribution in [-0.4, -0.2) is 11.7 Å². The monoisotopic (exact) mass is 182 g/mol. The zero-order valence-corrected chi connectivity index (χ0v) is 8.09. The van der Waals surface area contributed by atoms with Gasteiger partial charge in [0.2, 0.25) is 0 Å². The van der Waals surface area contributed by atoms with E-state index in [9.17, 15) is 0 Å². The zero-order valence-electron chi connectivity index (χ0n) is 7.20. The van der Waals surface area contributed by atoms with Crippen LogP contribution in [0, 0.1) is 0 Å². The Morgan fingerprint density at radius 2 is 1.92 bits per heavy atom. The fourth-order valence-corrected chi connectivity index (χ4v) is 1.41. The quantitative estimate of drug-likeness (QED) is 0.687. The number of rotatable bonds is 3. The van der Waals surface area contributed by atoms with Crippen LogP contribution < -0.4 is 0 Å². The molecule has 0 amide bonds. The summed E-state index contributed by atoms with van der Waals surface area (Å²) in [5, 5.41) is 8.81. The second-order valence-corrected chi connectivity index (χ2v) is 4.10. The molecule has 1 N–H and O–H groups in total. The highest BCUT2D eigenvalue weighted by Crippen LogP contribution is 2.30. The minimum Gasteiger partial charge on any atom is -0.396 e. The average molecular weight is 182 g/mol. The largest absolute Gasteiger partial charge is 0.396 e. The number of thiol groups is 1. The number of aliphatic hydroxyl groups is 1. The van der Waals surface area contributed by atoms with E-state index in [1.165, 1.54) is 0 Å². The third-order valence-electron chi connectivity index (χ3n) is 1.99. The van der Waals surface area contributed by atoms with Gasteiger partial charge < -0.3 is 5.11 Å². The molecule has 0 saturated heterocycles. The molecule has 1 aromatic rings. The Morgan fingerprint density at radius 1 is 1.33 bits per heavy atom. The molecule has 1 nitrogen and oxygen atoms in total. The van der Waals surface area contributed by atoms with Crippen LogP contribution in [0.4, 0.5) is 0 Å². The highest BCUT2D eigenvalue weighted by Gasteiger charge is 2.19. The Hall–Kier alpha value is -0.470. The van der Waals surface area contributed by atoms with Gasteiger partial charge in [-0.1, -0.05) is 30.3 Å². The first-order valence-corrected chi connectivity index (χ1v) is 4.50. The van der Waals surface area contributed by atoms with Gasteiger partial charge in [0, 0.05) is 11.4 Å². The van der Waals surface area contributed by atoms with Gasteiger partial charge in [-0.3, -0.25) is 0 Å². The van der Waals surface area contributed by atoms with E-state index in [-0.39, 0.29) is 11.4 Å². The van der Waals surface area contributed by atoms with Crippen LogP contribution in [0.5, 0.6) is 0 Å². The predicted molar refractivity (Wildman–Crippen MR) is 54.5 cm³/mol. The molecule has 1 aromatic carbocycles. The van der Waals surface area contributed by atoms with E-state index in [4.69, 9.17) is 5.11 Å². The fraction of sp³-hybridized carbons (Fsp3) is 0.400. The van der Waals surface area contributed by atoms with Crippen molar-refractivity contribution in [1.82, 2.24) is 0 Å². The standard InChI is InChI=1S/C10H14OS/c1-10(12,7-8-11)9-5-3-2-4-6-9/h2-6,11-12H,7-8H2,1H3/t10-/m1/s1. The molecule has 0 aliphatic rings. The first-order valence-electron chi connectivity index (χ1n) is 4.05. The van der Waals surface area contributed by atoms with E-state index < -0.39 is 0 Å². The maximum absolute atomic E-state index is 8.81. The van der Waals surface area contributed by atoms with Gasteiger partial charge in [0.25, 0.3) is 0 Å². The van der Waals surface area contributed by atoms with Crippen molar-refractivity contribution >= 4 is 12.6 Å². The van der Waals surface area contributed by atoms with Crippen LogP contribution in [0.3, 0.4) is 0 Å². The molecule has 0 saturated carbocycles. The molecule has 1 atom stereocenters. The summed E-state index contributed by atoms with van der Waals surface area (Å²) in [6.07, 6.45) is 0.681. The first-order chi connectivity index (χ1) is 5.67. The maximum Gasteiger partial charge on any atom is 0.0447 e. The van der Waals surface area contributed by atoms with Crippen molar-refractivity contribution in [3.05, 3.63) is 35.9 Å². The van der Waals surface area contributed by atoms with Gasteiger partial charge in [0.15, 0.2) is 0 Å². The lowest BCUT2D eigenvalue weighted by atomic mass is 9.97. The Morgan fingerprint density at radius 3 is 2.42 bits per heavy atom. The van der Waals surface area contributed by atoms with Crippen molar-refractivity contribution in [2.24, 2.45) is 0 Å². The molecular weight excluding hydrogens is 168 g/mol. The predicted octanol–water partition coefficient (Wildman–Crippen LogP) is 2.21. The lowest BCUT2D eigenvalue weighted by molar-refractivity contribution is 0.272. The SMILES string of the molecule is C[C@@](S)(CCO)c1ccccc1. The van der Waals surface area contributed by atoms with E-state index >= 15 is 0 Å². The van der Waals surface area contributed by atoms with Crippen molar-refractivity contribution in [2.45, 2.75) is 18.1 Å². The fourth-order valence-electron chi connectivity index (χ4n) is 1.16. The Balaban J connectivity index is 2.82. The van der Waals surface area contributed by atoms with Crippen LogP contribution >= 0.6 is 12.6 Å². The summed E-state index contributed by atoms with van der Waals surface area (Å²) in [6, 6.07) is 10.0. The Labute approximate surface area is 78.8 Å². The van der Waals surface area contributed by atoms with Crippen LogP contribution in [0.15, 0.2) is 30.3 Å². The normalized spacial score (nSPS) is 15.6. The summed E-state index contributed by atoms with van der Waals surface area (Å²) in [5.74, 6) is 0. The van der Waals surface area contributed by atoms with E-state index in [1.807, 2.05) is 37.3 Å². The van der Waals surface area contributed by atoms with Crippen LogP contribution in [-0.2, 0) is 4.75 Å². The zero-order chi connectivity index (χ0) is 9.03. The van der Waals surface area contributed by atoms with Crippen molar-refractivity contribution in [3.63, 3.8) is 0 Å². The van der Waals surface area contributed by atoms with Gasteiger partial charge in [0.1, 0.15) is 0 Å². The minimum absolute atomic E-state index is 0.175. The first kappa shape index (κ1) is 9.62. The van der Waals surface area contributed by atoms with Gasteiger partial charge in [0.05, 0.1) is 0 Å². The highest BCUT2D eigenvalue weighted by molar-refractivity contribution is 7.81. The van der Waals surface area contributed by atoms with Crippen LogP contribution in [0.1, 0.15) is 18.9 Å². The smallest absolute Gasteiger partial charge is 0.0447 e. The molecule has 0 aromatic heterocycles. The van der Waals surface area contributed by atoms with Gasteiger partial charge in [-0.05, 0) is 18.9 Å². The molecule has 2 heteroatoms. The van der Waals surface area contributed by atoms with Gasteiger partial charge >= 0.3 is 0 Å². The molecule has 0 aliphatic carbocycles. The molecule has 0 aliphatic heterocycles. The minimum atomic E-state index is -0.212. The molecule has 0 heterocycles. The van der Waals surface area contributed by atoms with E-state index in [1.54, 1.807) is 0 Å². The van der Waals surface area contributed by atoms with Crippen molar-refractivity contribution in [2.75, 3.05) is 6.61 Å². The molecule has 12 heavy (non-hydrogen) atoms. The summed E-state index contributed by atoms with van der Waals surface area (Å²) >= 11 is 4.50. The maximum atomic E-state index is 8.81. The second kappa shape index (κ2) is 3.97. The van der Waals surface area contributed by atoms with Crippen LogP contribution in [0.2, 0.25) is 0 Å². The number of benzene rings is 1. The molecule has 0 unspecified atom stereocenters. The highest BCUT2D eigenvalue weighted by atomic mass is 32.1. The molecule has 0 radical (unpaired) electrons. The van der Waals surface area contributed by atoms with Crippen molar-refractivity contribution < 1.29 is 5.11 Å². The molecule has 0 bridgehead atoms. The summed E-state index contributed by atoms with van der Waals surface area (Å²) in [5.41, 5.74) is 1.15. The molecule has 0 fully saturated rings. The summed E-state index contributed by atoms with van der Waals surface area (Å²) < 4.78 is -0.212. The van der Waals surface area contributed by atoms with E-state index in [2.05, 4.69) is 12.6 Å². The third kappa shape index (κ3) is 2.26. The summed E-state index contributed by atoms with van der Waals surface area (Å²) in [7, 11) is 0. The molecule has 0 spiro atoms. The van der Waals surface area contributed by atoms with Gasteiger partial charge in [-0.25, -0.2) is 0 Å². The number of aliphatic hydroxyl groups excluding tert-OH is 1. The average Bonchev–Trinajstić information content (AvgIpc) is 2.06. The topological polar surface area (TPSA) is 20.2 Å². The summed E-state index contributed by atoms with van der Waals surface area (Å²) in [4.78, 5) is 0. The van der Waals surface area contributed by atoms with Crippen molar-refractivity contribution in [3.8, 4) is 0 Å². The molecule has 66 valence electrons. The lowest BCUT2D eigenvalue weighted by Gasteiger charge is -2.22. The van der Waals surface area contributed by atoms with Crippen LogP contribution in [0.25, 0.3) is 0 Å². The lowest BCUT2D eigenvalue weighted by Crippen LogP contribution is -2.15. The molecular formula is C10H14OS. The number of hydrogen-bond donors (Lipinski definition) is 2. The second-order valence-electron chi connectivity index (χ2n) is 3.11. The third-order valence-corrected chi connectivity index (χ3v) is 2.48. The Bertz CT molecular complexity index is 231. The Kier molecular flexibility index (Phi) is 3.18. The van der Waals surface area contributed by atoms with E-state index in [0.717, 1.165) is 5.56 Å². The van der Waals surface area contributed by atoms with Crippen molar-refractivity contribution in [1.29, 1.82) is 0 Å². The van der Waals surface area contributed by atoms with E-state index in [0.29, 0.717) is 6.42 Å². The molecule has 1 rings (SSSR count). The van der Waals surface area contributed by atoms with Gasteiger partial charge in [-0.15, -0.1) is 0 Å². The summed E-state index contributed by atoms with van der Waals surface area (Å²) in [6.45, 7) is 2.19.